The molecule has 2 N–H and O–H groups in total. The molecule has 0 saturated heterocycles. The van der Waals surface area contributed by atoms with Crippen molar-refractivity contribution in [3.8, 4) is 0 Å². The van der Waals surface area contributed by atoms with Crippen LogP contribution in [0.25, 0.3) is 11.0 Å². The lowest BCUT2D eigenvalue weighted by atomic mass is 10.3. The summed E-state index contributed by atoms with van der Waals surface area (Å²) in [6.45, 7) is 1.95. The van der Waals surface area contributed by atoms with Crippen molar-refractivity contribution in [1.82, 2.24) is 14.9 Å². The first-order valence-corrected chi connectivity index (χ1v) is 8.33. The highest BCUT2D eigenvalue weighted by molar-refractivity contribution is 5.91. The molecule has 0 unspecified atom stereocenters. The van der Waals surface area contributed by atoms with Gasteiger partial charge in [-0.05, 0) is 24.3 Å². The number of imidazole rings is 1. The zero-order valence-corrected chi connectivity index (χ0v) is 14.3. The quantitative estimate of drug-likeness (QED) is 0.715. The number of halogens is 1. The Morgan fingerprint density at radius 2 is 1.81 bits per heavy atom. The largest absolute Gasteiger partial charge is 0.349 e. The maximum Gasteiger partial charge on any atom is 0.244 e. The van der Waals surface area contributed by atoms with Gasteiger partial charge in [-0.25, -0.2) is 9.37 Å². The molecular weight excluding hydrogens is 335 g/mol. The summed E-state index contributed by atoms with van der Waals surface area (Å²) in [4.78, 5) is 28.4. The maximum absolute atomic E-state index is 13.7. The maximum atomic E-state index is 13.7. The van der Waals surface area contributed by atoms with E-state index in [1.807, 2.05) is 24.3 Å². The number of hydrogen-bond donors (Lipinski definition) is 2. The van der Waals surface area contributed by atoms with Gasteiger partial charge in [0.2, 0.25) is 11.8 Å². The first-order chi connectivity index (χ1) is 12.6. The Morgan fingerprint density at radius 3 is 2.58 bits per heavy atom. The van der Waals surface area contributed by atoms with Gasteiger partial charge in [0.05, 0.1) is 23.3 Å². The molecule has 0 aliphatic heterocycles. The summed E-state index contributed by atoms with van der Waals surface area (Å²) in [5.41, 5.74) is 1.63. The average Bonchev–Trinajstić information content (AvgIpc) is 2.99. The van der Waals surface area contributed by atoms with Crippen LogP contribution >= 0.6 is 0 Å². The predicted octanol–water partition coefficient (Wildman–Crippen LogP) is 2.84. The van der Waals surface area contributed by atoms with Gasteiger partial charge in [0.15, 0.2) is 0 Å². The summed E-state index contributed by atoms with van der Waals surface area (Å²) in [7, 11) is 0. The van der Waals surface area contributed by atoms with E-state index in [0.29, 0.717) is 12.2 Å². The third-order valence-electron chi connectivity index (χ3n) is 3.95. The van der Waals surface area contributed by atoms with Crippen molar-refractivity contribution in [2.45, 2.75) is 26.4 Å². The molecule has 0 spiro atoms. The van der Waals surface area contributed by atoms with Crippen molar-refractivity contribution in [1.29, 1.82) is 0 Å². The van der Waals surface area contributed by atoms with E-state index in [9.17, 15) is 14.0 Å². The number of amides is 2. The first-order valence-electron chi connectivity index (χ1n) is 8.33. The number of rotatable bonds is 6. The molecule has 0 bridgehead atoms. The number of aromatic nitrogens is 2. The van der Waals surface area contributed by atoms with E-state index in [2.05, 4.69) is 15.6 Å². The van der Waals surface area contributed by atoms with Crippen LogP contribution in [0.3, 0.4) is 0 Å². The fourth-order valence-corrected chi connectivity index (χ4v) is 2.64. The number of nitrogens with one attached hydrogen (secondary N) is 2. The lowest BCUT2D eigenvalue weighted by Gasteiger charge is -2.11. The van der Waals surface area contributed by atoms with Crippen molar-refractivity contribution in [2.24, 2.45) is 0 Å². The van der Waals surface area contributed by atoms with Gasteiger partial charge in [-0.3, -0.25) is 9.59 Å². The minimum atomic E-state index is -0.494. The molecule has 26 heavy (non-hydrogen) atoms. The summed E-state index contributed by atoms with van der Waals surface area (Å²) in [5.74, 6) is -0.399. The molecule has 3 aromatic rings. The van der Waals surface area contributed by atoms with Gasteiger partial charge in [0, 0.05) is 6.42 Å². The van der Waals surface area contributed by atoms with Gasteiger partial charge in [-0.15, -0.1) is 0 Å². The molecule has 0 aliphatic rings. The molecular formula is C19H19FN4O2. The Morgan fingerprint density at radius 1 is 1.08 bits per heavy atom. The van der Waals surface area contributed by atoms with E-state index in [-0.39, 0.29) is 30.6 Å². The van der Waals surface area contributed by atoms with Crippen molar-refractivity contribution < 1.29 is 14.0 Å². The SMILES string of the molecule is CCC(=O)NCc1nc2ccccc2n1CC(=O)Nc1ccccc1F. The minimum absolute atomic E-state index is 0.0355. The average molecular weight is 354 g/mol. The van der Waals surface area contributed by atoms with Gasteiger partial charge >= 0.3 is 0 Å². The van der Waals surface area contributed by atoms with Gasteiger partial charge in [0.25, 0.3) is 0 Å². The van der Waals surface area contributed by atoms with E-state index in [4.69, 9.17) is 0 Å². The van der Waals surface area contributed by atoms with Crippen LogP contribution in [-0.2, 0) is 22.7 Å². The number of carbonyl (C=O) groups excluding carboxylic acids is 2. The number of para-hydroxylation sites is 3. The number of anilines is 1. The Hall–Kier alpha value is -3.22. The van der Waals surface area contributed by atoms with Crippen molar-refractivity contribution in [2.75, 3.05) is 5.32 Å². The molecule has 0 atom stereocenters. The van der Waals surface area contributed by atoms with Crippen LogP contribution in [0.15, 0.2) is 48.5 Å². The smallest absolute Gasteiger partial charge is 0.244 e. The molecule has 0 aliphatic carbocycles. The topological polar surface area (TPSA) is 76.0 Å². The molecule has 3 rings (SSSR count). The van der Waals surface area contributed by atoms with Crippen LogP contribution in [0.5, 0.6) is 0 Å². The summed E-state index contributed by atoms with van der Waals surface area (Å²) < 4.78 is 15.5. The summed E-state index contributed by atoms with van der Waals surface area (Å²) in [6.07, 6.45) is 0.369. The third-order valence-corrected chi connectivity index (χ3v) is 3.95. The number of carbonyl (C=O) groups is 2. The van der Waals surface area contributed by atoms with Gasteiger partial charge in [-0.2, -0.15) is 0 Å². The van der Waals surface area contributed by atoms with Crippen molar-refractivity contribution in [3.05, 3.63) is 60.2 Å². The van der Waals surface area contributed by atoms with Crippen LogP contribution in [0, 0.1) is 5.82 Å². The normalized spacial score (nSPS) is 10.7. The minimum Gasteiger partial charge on any atom is -0.349 e. The monoisotopic (exact) mass is 354 g/mol. The molecule has 134 valence electrons. The number of nitrogens with zero attached hydrogens (tertiary/aromatic N) is 2. The van der Waals surface area contributed by atoms with Crippen LogP contribution in [-0.4, -0.2) is 21.4 Å². The second-order valence-electron chi connectivity index (χ2n) is 5.76. The standard InChI is InChI=1S/C19H19FN4O2/c1-2-18(25)21-11-17-22-15-9-5-6-10-16(15)24(17)12-19(26)23-14-8-4-3-7-13(14)20/h3-10H,2,11-12H2,1H3,(H,21,25)(H,23,26). The molecule has 0 saturated carbocycles. The Balaban J connectivity index is 1.84. The van der Waals surface area contributed by atoms with Crippen molar-refractivity contribution >= 4 is 28.5 Å². The first kappa shape index (κ1) is 17.6. The highest BCUT2D eigenvalue weighted by Crippen LogP contribution is 2.17. The van der Waals surface area contributed by atoms with E-state index >= 15 is 0 Å². The Kier molecular flexibility index (Phi) is 5.26. The van der Waals surface area contributed by atoms with Crippen LogP contribution in [0.2, 0.25) is 0 Å². The highest BCUT2D eigenvalue weighted by Gasteiger charge is 2.15. The second kappa shape index (κ2) is 7.77. The molecule has 2 amide bonds. The second-order valence-corrected chi connectivity index (χ2v) is 5.76. The molecule has 7 heteroatoms. The summed E-state index contributed by atoms with van der Waals surface area (Å²) in [6, 6.07) is 13.4. The molecule has 1 heterocycles. The fraction of sp³-hybridized carbons (Fsp3) is 0.211. The lowest BCUT2D eigenvalue weighted by Crippen LogP contribution is -2.26. The number of benzene rings is 2. The number of hydrogen-bond acceptors (Lipinski definition) is 3. The van der Waals surface area contributed by atoms with E-state index in [1.165, 1.54) is 12.1 Å². The van der Waals surface area contributed by atoms with Crippen molar-refractivity contribution in [3.63, 3.8) is 0 Å². The zero-order valence-electron chi connectivity index (χ0n) is 14.3. The van der Waals surface area contributed by atoms with Crippen LogP contribution in [0.4, 0.5) is 10.1 Å². The molecule has 1 aromatic heterocycles. The number of fused-ring (bicyclic) bond motifs is 1. The van der Waals surface area contributed by atoms with Crippen LogP contribution in [0.1, 0.15) is 19.2 Å². The predicted molar refractivity (Wildman–Crippen MR) is 96.9 cm³/mol. The Labute approximate surface area is 150 Å². The molecule has 2 aromatic carbocycles. The molecule has 0 radical (unpaired) electrons. The zero-order chi connectivity index (χ0) is 18.5. The van der Waals surface area contributed by atoms with Gasteiger partial charge in [0.1, 0.15) is 18.2 Å². The molecule has 0 fully saturated rings. The van der Waals surface area contributed by atoms with E-state index < -0.39 is 5.82 Å². The molecule has 6 nitrogen and oxygen atoms in total. The highest BCUT2D eigenvalue weighted by atomic mass is 19.1. The van der Waals surface area contributed by atoms with Gasteiger partial charge < -0.3 is 15.2 Å². The summed E-state index contributed by atoms with van der Waals surface area (Å²) in [5, 5.41) is 5.33. The van der Waals surface area contributed by atoms with Gasteiger partial charge in [-0.1, -0.05) is 31.2 Å². The van der Waals surface area contributed by atoms with Crippen LogP contribution < -0.4 is 10.6 Å². The third kappa shape index (κ3) is 3.88. The Bertz CT molecular complexity index is 952. The lowest BCUT2D eigenvalue weighted by molar-refractivity contribution is -0.121. The summed E-state index contributed by atoms with van der Waals surface area (Å²) >= 11 is 0. The van der Waals surface area contributed by atoms with E-state index in [1.54, 1.807) is 23.6 Å². The fourth-order valence-electron chi connectivity index (χ4n) is 2.64. The van der Waals surface area contributed by atoms with E-state index in [0.717, 1.165) is 11.0 Å².